The van der Waals surface area contributed by atoms with E-state index < -0.39 is 28.6 Å². The van der Waals surface area contributed by atoms with Crippen molar-refractivity contribution in [3.05, 3.63) is 0 Å². The van der Waals surface area contributed by atoms with Crippen LogP contribution >= 0.6 is 0 Å². The Bertz CT molecular complexity index is 353. The Morgan fingerprint density at radius 1 is 1.28 bits per heavy atom. The molecular formula is C13H22O5. The van der Waals surface area contributed by atoms with Gasteiger partial charge in [0.25, 0.3) is 0 Å². The minimum atomic E-state index is -1.49. The van der Waals surface area contributed by atoms with Gasteiger partial charge in [-0.2, -0.15) is 0 Å². The fourth-order valence-electron chi connectivity index (χ4n) is 2.19. The Balaban J connectivity index is 3.01. The zero-order chi connectivity index (χ0) is 14.2. The van der Waals surface area contributed by atoms with Gasteiger partial charge < -0.3 is 14.6 Å². The summed E-state index contributed by atoms with van der Waals surface area (Å²) in [4.78, 5) is 23.7. The van der Waals surface area contributed by atoms with E-state index in [1.807, 2.05) is 0 Å². The molecule has 5 nitrogen and oxygen atoms in total. The molecule has 1 rings (SSSR count). The van der Waals surface area contributed by atoms with Gasteiger partial charge in [-0.05, 0) is 41.0 Å². The van der Waals surface area contributed by atoms with Crippen LogP contribution in [-0.4, -0.2) is 34.9 Å². The lowest BCUT2D eigenvalue weighted by Gasteiger charge is -2.41. The van der Waals surface area contributed by atoms with E-state index >= 15 is 0 Å². The fourth-order valence-corrected chi connectivity index (χ4v) is 2.19. The zero-order valence-electron chi connectivity index (χ0n) is 11.7. The Morgan fingerprint density at radius 2 is 1.83 bits per heavy atom. The maximum atomic E-state index is 12.2. The van der Waals surface area contributed by atoms with Gasteiger partial charge in [0, 0.05) is 13.0 Å². The number of carbonyl (C=O) groups excluding carboxylic acids is 1. The normalized spacial score (nSPS) is 27.6. The van der Waals surface area contributed by atoms with Crippen LogP contribution in [0.1, 0.15) is 47.5 Å². The highest BCUT2D eigenvalue weighted by Crippen LogP contribution is 2.41. The van der Waals surface area contributed by atoms with Crippen LogP contribution in [0.3, 0.4) is 0 Å². The molecule has 1 aliphatic heterocycles. The van der Waals surface area contributed by atoms with Crippen molar-refractivity contribution in [2.24, 2.45) is 5.41 Å². The Hall–Kier alpha value is -1.10. The van der Waals surface area contributed by atoms with E-state index in [2.05, 4.69) is 0 Å². The molecular weight excluding hydrogens is 236 g/mol. The molecule has 1 unspecified atom stereocenters. The van der Waals surface area contributed by atoms with Crippen molar-refractivity contribution >= 4 is 11.9 Å². The maximum Gasteiger partial charge on any atom is 0.324 e. The number of aliphatic carboxylic acids is 1. The van der Waals surface area contributed by atoms with Gasteiger partial charge in [0.2, 0.25) is 0 Å². The van der Waals surface area contributed by atoms with Gasteiger partial charge in [0.05, 0.1) is 5.60 Å². The zero-order valence-corrected chi connectivity index (χ0v) is 11.7. The first kappa shape index (κ1) is 15.0. The standard InChI is InChI=1S/C13H22O5/c1-11(2,3)18-10(16)13(9(14)15)6-7-17-12(4,5)8-13/h6-8H2,1-5H3,(H,14,15). The first-order valence-corrected chi connectivity index (χ1v) is 6.09. The second kappa shape index (κ2) is 4.53. The summed E-state index contributed by atoms with van der Waals surface area (Å²) in [6.07, 6.45) is 0.283. The van der Waals surface area contributed by atoms with Gasteiger partial charge in [-0.15, -0.1) is 0 Å². The highest BCUT2D eigenvalue weighted by molar-refractivity contribution is 5.99. The number of carbonyl (C=O) groups is 2. The molecule has 0 aromatic carbocycles. The van der Waals surface area contributed by atoms with Gasteiger partial charge in [-0.25, -0.2) is 0 Å². The molecule has 0 aromatic heterocycles. The number of carboxylic acids is 1. The van der Waals surface area contributed by atoms with E-state index in [-0.39, 0.29) is 19.4 Å². The van der Waals surface area contributed by atoms with E-state index in [1.54, 1.807) is 34.6 Å². The monoisotopic (exact) mass is 258 g/mol. The molecule has 0 amide bonds. The van der Waals surface area contributed by atoms with Gasteiger partial charge in [0.1, 0.15) is 5.60 Å². The molecule has 1 aliphatic rings. The van der Waals surface area contributed by atoms with Crippen LogP contribution in [-0.2, 0) is 19.1 Å². The third kappa shape index (κ3) is 3.22. The van der Waals surface area contributed by atoms with E-state index in [9.17, 15) is 14.7 Å². The summed E-state index contributed by atoms with van der Waals surface area (Å²) in [5.74, 6) is -1.80. The molecule has 1 atom stereocenters. The number of ether oxygens (including phenoxy) is 2. The first-order chi connectivity index (χ1) is 7.99. The second-order valence-electron chi connectivity index (χ2n) is 6.42. The maximum absolute atomic E-state index is 12.2. The predicted octanol–water partition coefficient (Wildman–Crippen LogP) is 1.99. The molecule has 0 saturated carbocycles. The summed E-state index contributed by atoms with van der Waals surface area (Å²) < 4.78 is 10.7. The topological polar surface area (TPSA) is 72.8 Å². The summed E-state index contributed by atoms with van der Waals surface area (Å²) in [7, 11) is 0. The minimum absolute atomic E-state index is 0.129. The summed E-state index contributed by atoms with van der Waals surface area (Å²) in [5, 5.41) is 9.43. The highest BCUT2D eigenvalue weighted by atomic mass is 16.6. The van der Waals surface area contributed by atoms with Gasteiger partial charge in [-0.1, -0.05) is 0 Å². The van der Waals surface area contributed by atoms with Crippen LogP contribution < -0.4 is 0 Å². The largest absolute Gasteiger partial charge is 0.480 e. The number of carboxylic acid groups (broad SMARTS) is 1. The van der Waals surface area contributed by atoms with E-state index in [1.165, 1.54) is 0 Å². The number of hydrogen-bond donors (Lipinski definition) is 1. The molecule has 1 N–H and O–H groups in total. The molecule has 0 spiro atoms. The SMILES string of the molecule is CC(C)(C)OC(=O)C1(C(=O)O)CCOC(C)(C)C1. The lowest BCUT2D eigenvalue weighted by atomic mass is 9.74. The first-order valence-electron chi connectivity index (χ1n) is 6.09. The molecule has 0 radical (unpaired) electrons. The van der Waals surface area contributed by atoms with Crippen LogP contribution in [0.4, 0.5) is 0 Å². The van der Waals surface area contributed by atoms with Crippen molar-refractivity contribution in [3.63, 3.8) is 0 Å². The lowest BCUT2D eigenvalue weighted by Crippen LogP contribution is -2.52. The number of rotatable bonds is 2. The van der Waals surface area contributed by atoms with Crippen LogP contribution in [0.2, 0.25) is 0 Å². The van der Waals surface area contributed by atoms with Gasteiger partial charge >= 0.3 is 11.9 Å². The number of esters is 1. The smallest absolute Gasteiger partial charge is 0.324 e. The van der Waals surface area contributed by atoms with Crippen LogP contribution in [0.5, 0.6) is 0 Å². The molecule has 1 saturated heterocycles. The van der Waals surface area contributed by atoms with Crippen molar-refractivity contribution in [1.82, 2.24) is 0 Å². The molecule has 1 heterocycles. The van der Waals surface area contributed by atoms with Crippen LogP contribution in [0.25, 0.3) is 0 Å². The average molecular weight is 258 g/mol. The molecule has 18 heavy (non-hydrogen) atoms. The quantitative estimate of drug-likeness (QED) is 0.605. The molecule has 104 valence electrons. The highest BCUT2D eigenvalue weighted by Gasteiger charge is 2.54. The Kier molecular flexibility index (Phi) is 3.77. The van der Waals surface area contributed by atoms with Crippen LogP contribution in [0.15, 0.2) is 0 Å². The van der Waals surface area contributed by atoms with Crippen molar-refractivity contribution in [3.8, 4) is 0 Å². The van der Waals surface area contributed by atoms with Crippen LogP contribution in [0, 0.1) is 5.41 Å². The summed E-state index contributed by atoms with van der Waals surface area (Å²) in [5.41, 5.74) is -2.81. The third-order valence-electron chi connectivity index (χ3n) is 2.95. The molecule has 0 bridgehead atoms. The second-order valence-corrected chi connectivity index (χ2v) is 6.42. The minimum Gasteiger partial charge on any atom is -0.480 e. The van der Waals surface area contributed by atoms with E-state index in [4.69, 9.17) is 9.47 Å². The summed E-state index contributed by atoms with van der Waals surface area (Å²) in [6.45, 7) is 9.00. The Labute approximate surface area is 107 Å². The fraction of sp³-hybridized carbons (Fsp3) is 0.846. The Morgan fingerprint density at radius 3 is 2.22 bits per heavy atom. The van der Waals surface area contributed by atoms with E-state index in [0.29, 0.717) is 0 Å². The van der Waals surface area contributed by atoms with Crippen molar-refractivity contribution in [2.75, 3.05) is 6.61 Å². The molecule has 0 aliphatic carbocycles. The van der Waals surface area contributed by atoms with Crippen molar-refractivity contribution in [1.29, 1.82) is 0 Å². The third-order valence-corrected chi connectivity index (χ3v) is 2.95. The predicted molar refractivity (Wildman–Crippen MR) is 65.2 cm³/mol. The summed E-state index contributed by atoms with van der Waals surface area (Å²) >= 11 is 0. The lowest BCUT2D eigenvalue weighted by molar-refractivity contribution is -0.193. The van der Waals surface area contributed by atoms with Gasteiger partial charge in [0.15, 0.2) is 5.41 Å². The molecule has 0 aromatic rings. The molecule has 5 heteroatoms. The summed E-state index contributed by atoms with van der Waals surface area (Å²) in [6, 6.07) is 0. The van der Waals surface area contributed by atoms with Crippen molar-refractivity contribution in [2.45, 2.75) is 58.7 Å². The average Bonchev–Trinajstić information content (AvgIpc) is 2.12. The van der Waals surface area contributed by atoms with Gasteiger partial charge in [-0.3, -0.25) is 9.59 Å². The van der Waals surface area contributed by atoms with Crippen molar-refractivity contribution < 1.29 is 24.2 Å². The molecule has 1 fully saturated rings. The van der Waals surface area contributed by atoms with E-state index in [0.717, 1.165) is 0 Å². The number of hydrogen-bond acceptors (Lipinski definition) is 4.